The number of fused-ring (bicyclic) bond motifs is 6. The molecule has 328 valence electrons. The second-order valence-electron chi connectivity index (χ2n) is 18.5. The Morgan fingerprint density at radius 3 is 1.53 bits per heavy atom. The summed E-state index contributed by atoms with van der Waals surface area (Å²) in [6.07, 6.45) is 0.519. The number of ether oxygens (including phenoxy) is 2. The zero-order valence-corrected chi connectivity index (χ0v) is 36.2. The van der Waals surface area contributed by atoms with Gasteiger partial charge in [0.2, 0.25) is 11.1 Å². The first-order valence-corrected chi connectivity index (χ1v) is 21.6. The van der Waals surface area contributed by atoms with E-state index in [1.54, 1.807) is 19.1 Å². The van der Waals surface area contributed by atoms with Crippen molar-refractivity contribution in [3.8, 4) is 0 Å². The molecule has 3 fully saturated rings. The predicted molar refractivity (Wildman–Crippen MR) is 230 cm³/mol. The monoisotopic (exact) mass is 867 g/mol. The van der Waals surface area contributed by atoms with E-state index in [2.05, 4.69) is 18.7 Å². The van der Waals surface area contributed by atoms with E-state index < -0.39 is 81.5 Å². The molecule has 3 saturated heterocycles. The topological polar surface area (TPSA) is 235 Å². The summed E-state index contributed by atoms with van der Waals surface area (Å²) in [5, 5.41) is 0.500. The lowest BCUT2D eigenvalue weighted by atomic mass is 9.58. The van der Waals surface area contributed by atoms with Crippen molar-refractivity contribution in [2.45, 2.75) is 118 Å². The Labute approximate surface area is 365 Å². The largest absolute Gasteiger partial charge is 0.412 e. The van der Waals surface area contributed by atoms with Crippen molar-refractivity contribution < 1.29 is 38.2 Å². The van der Waals surface area contributed by atoms with Crippen molar-refractivity contribution in [1.29, 1.82) is 0 Å². The van der Waals surface area contributed by atoms with Crippen LogP contribution in [0.2, 0.25) is 5.02 Å². The molecule has 4 amide bonds. The minimum Gasteiger partial charge on any atom is -0.375 e. The van der Waals surface area contributed by atoms with E-state index in [1.165, 1.54) is 0 Å². The number of primary amides is 4. The number of anilines is 1. The number of hydrogen-bond donors (Lipinski definition) is 4. The van der Waals surface area contributed by atoms with Gasteiger partial charge in [0, 0.05) is 52.8 Å². The number of rotatable bonds is 11. The lowest BCUT2D eigenvalue weighted by Crippen LogP contribution is -2.78. The van der Waals surface area contributed by atoms with Gasteiger partial charge < -0.3 is 37.3 Å². The number of carbonyl (C=O) groups is 6. The molecule has 16 heteroatoms. The minimum atomic E-state index is -2.20. The summed E-state index contributed by atoms with van der Waals surface area (Å²) in [7, 11) is 0. The molecule has 6 unspecified atom stereocenters. The molecular formula is C46H54ClN7O8. The Balaban J connectivity index is 1.31. The van der Waals surface area contributed by atoms with Crippen molar-refractivity contribution in [3.05, 3.63) is 100 Å². The molecule has 0 aromatic heterocycles. The van der Waals surface area contributed by atoms with Crippen LogP contribution in [0.5, 0.6) is 0 Å². The molecular weight excluding hydrogens is 814 g/mol. The standard InChI is InChI=1S/C46H54ClN7O8/c1-26-23-34(33-7-5-21-52(33)45(36(48)55,38(57)61-40(50)59)42(2)24-27-9-13-29(42)14-10-27)54(32-19-17-31(47)18-20-32)44(26,4)35-8-6-22-53(35)46(37(49)56,39(58)62-41(51)60)43(3)25-28-11-15-30(43)16-12-28/h9-20,26,33-35H,5-8,21-25H2,1-4H3,(H2,48,55)(H2,49,56)(H2,50,59)(H2,51,60)/t26?,33?,34?,35?,42?,43?,44-,45+,46+/m1/s1. The van der Waals surface area contributed by atoms with Crippen LogP contribution in [0.3, 0.4) is 0 Å². The molecule has 10 rings (SSSR count). The summed E-state index contributed by atoms with van der Waals surface area (Å²) in [5.41, 5.74) is 20.0. The van der Waals surface area contributed by atoms with E-state index in [4.69, 9.17) is 44.0 Å². The van der Waals surface area contributed by atoms with Crippen LogP contribution >= 0.6 is 11.6 Å². The molecule has 8 N–H and O–H groups in total. The average Bonchev–Trinajstić information content (AvgIpc) is 3.95. The third kappa shape index (κ3) is 5.90. The molecule has 62 heavy (non-hydrogen) atoms. The Kier molecular flexibility index (Phi) is 10.5. The molecule has 15 nitrogen and oxygen atoms in total. The van der Waals surface area contributed by atoms with Gasteiger partial charge in [0.05, 0.1) is 5.54 Å². The van der Waals surface area contributed by atoms with Gasteiger partial charge in [-0.05, 0) is 104 Å². The summed E-state index contributed by atoms with van der Waals surface area (Å²) in [6, 6.07) is 21.0. The Morgan fingerprint density at radius 2 is 1.10 bits per heavy atom. The lowest BCUT2D eigenvalue weighted by molar-refractivity contribution is -0.167. The predicted octanol–water partition coefficient (Wildman–Crippen LogP) is 3.96. The highest BCUT2D eigenvalue weighted by atomic mass is 35.5. The Hall–Kier alpha value is -5.51. The minimum absolute atomic E-state index is 0.191. The number of likely N-dealkylation sites (tertiary alicyclic amines) is 2. The van der Waals surface area contributed by atoms with Crippen LogP contribution in [-0.4, -0.2) is 93.6 Å². The number of halogens is 1. The first-order chi connectivity index (χ1) is 29.3. The summed E-state index contributed by atoms with van der Waals surface area (Å²) in [6.45, 7) is 8.34. The van der Waals surface area contributed by atoms with E-state index in [9.17, 15) is 28.8 Å². The summed E-state index contributed by atoms with van der Waals surface area (Å²) in [4.78, 5) is 89.3. The molecule has 0 radical (unpaired) electrons. The summed E-state index contributed by atoms with van der Waals surface area (Å²) in [5.74, 6) is -4.42. The van der Waals surface area contributed by atoms with Crippen LogP contribution in [0.1, 0.15) is 82.1 Å². The van der Waals surface area contributed by atoms with Gasteiger partial charge in [-0.3, -0.25) is 19.4 Å². The molecule has 7 aliphatic rings. The summed E-state index contributed by atoms with van der Waals surface area (Å²) >= 11 is 6.52. The quantitative estimate of drug-likeness (QED) is 0.159. The van der Waals surface area contributed by atoms with Gasteiger partial charge in [-0.25, -0.2) is 19.2 Å². The third-order valence-corrected chi connectivity index (χ3v) is 15.9. The van der Waals surface area contributed by atoms with Gasteiger partial charge in [0.25, 0.3) is 11.8 Å². The number of esters is 2. The van der Waals surface area contributed by atoms with Gasteiger partial charge in [-0.1, -0.05) is 80.9 Å². The second kappa shape index (κ2) is 15.1. The highest BCUT2D eigenvalue weighted by Gasteiger charge is 2.72. The number of nitrogens with two attached hydrogens (primary N) is 4. The molecule has 0 saturated carbocycles. The Bertz CT molecular complexity index is 2350. The summed E-state index contributed by atoms with van der Waals surface area (Å²) < 4.78 is 10.5. The van der Waals surface area contributed by atoms with Crippen LogP contribution < -0.4 is 27.8 Å². The number of hydrogen-bond acceptors (Lipinski definition) is 11. The number of amides is 4. The molecule has 4 bridgehead atoms. The maximum atomic E-state index is 14.8. The van der Waals surface area contributed by atoms with Crippen LogP contribution in [0, 0.1) is 5.92 Å². The average molecular weight is 868 g/mol. The van der Waals surface area contributed by atoms with Crippen molar-refractivity contribution in [2.24, 2.45) is 28.9 Å². The van der Waals surface area contributed by atoms with Crippen LogP contribution in [0.15, 0.2) is 72.8 Å². The fourth-order valence-electron chi connectivity index (χ4n) is 12.9. The van der Waals surface area contributed by atoms with Crippen LogP contribution in [-0.2, 0) is 52.3 Å². The SMILES string of the molecule is CC1CC(C2CCCN2[C@@](C(N)=O)(C(=O)OC(N)=O)C2(C)Cc3ccc2cc3)N(c2ccc(Cl)cc2)[C@@]1(C)C1CCCN1[C@@](C(N)=O)(C(=O)OC(N)=O)C1(C)Cc2ccc1cc2. The van der Waals surface area contributed by atoms with Gasteiger partial charge in [0.15, 0.2) is 0 Å². The third-order valence-electron chi connectivity index (χ3n) is 15.7. The van der Waals surface area contributed by atoms with E-state index in [0.717, 1.165) is 16.8 Å². The van der Waals surface area contributed by atoms with Crippen LogP contribution in [0.25, 0.3) is 0 Å². The normalized spacial score (nSPS) is 31.0. The van der Waals surface area contributed by atoms with Gasteiger partial charge in [0.1, 0.15) is 0 Å². The fraction of sp³-hybridized carbons (Fsp3) is 0.478. The number of carbonyl (C=O) groups excluding carboxylic acids is 6. The van der Waals surface area contributed by atoms with E-state index >= 15 is 0 Å². The van der Waals surface area contributed by atoms with Crippen molar-refractivity contribution in [1.82, 2.24) is 9.80 Å². The molecule has 0 spiro atoms. The maximum Gasteiger partial charge on any atom is 0.412 e. The zero-order chi connectivity index (χ0) is 44.7. The van der Waals surface area contributed by atoms with E-state index in [-0.39, 0.29) is 31.8 Å². The van der Waals surface area contributed by atoms with Crippen molar-refractivity contribution >= 4 is 53.2 Å². The first kappa shape index (κ1) is 43.2. The zero-order valence-electron chi connectivity index (χ0n) is 35.4. The van der Waals surface area contributed by atoms with Crippen molar-refractivity contribution in [3.63, 3.8) is 0 Å². The van der Waals surface area contributed by atoms with Gasteiger partial charge in [-0.2, -0.15) is 0 Å². The molecule has 4 aliphatic carbocycles. The van der Waals surface area contributed by atoms with E-state index in [0.29, 0.717) is 48.3 Å². The number of nitrogens with zero attached hydrogens (tertiary/aromatic N) is 3. The highest BCUT2D eigenvalue weighted by Crippen LogP contribution is 2.57. The van der Waals surface area contributed by atoms with Gasteiger partial charge in [-0.15, -0.1) is 0 Å². The second-order valence-corrected chi connectivity index (χ2v) is 18.9. The molecule has 9 atom stereocenters. The molecule has 3 aromatic rings. The molecule has 3 aromatic carbocycles. The maximum absolute atomic E-state index is 14.8. The molecule has 3 aliphatic heterocycles. The fourth-order valence-corrected chi connectivity index (χ4v) is 13.1. The first-order valence-electron chi connectivity index (χ1n) is 21.2. The lowest BCUT2D eigenvalue weighted by Gasteiger charge is -2.58. The smallest absolute Gasteiger partial charge is 0.375 e. The van der Waals surface area contributed by atoms with Crippen LogP contribution in [0.4, 0.5) is 15.3 Å². The number of benzene rings is 3. The molecule has 3 heterocycles. The van der Waals surface area contributed by atoms with E-state index in [1.807, 2.05) is 77.4 Å². The Morgan fingerprint density at radius 1 is 0.645 bits per heavy atom. The highest BCUT2D eigenvalue weighted by molar-refractivity contribution is 6.30. The van der Waals surface area contributed by atoms with Crippen molar-refractivity contribution in [2.75, 3.05) is 18.0 Å². The van der Waals surface area contributed by atoms with Gasteiger partial charge >= 0.3 is 24.1 Å².